The Bertz CT molecular complexity index is 600. The van der Waals surface area contributed by atoms with Gasteiger partial charge in [-0.3, -0.25) is 0 Å². The molecule has 0 saturated heterocycles. The Balaban J connectivity index is 2.48. The molecule has 0 aliphatic rings. The number of halogens is 1. The van der Waals surface area contributed by atoms with E-state index < -0.39 is 0 Å². The fourth-order valence-electron chi connectivity index (χ4n) is 3.42. The van der Waals surface area contributed by atoms with Crippen molar-refractivity contribution < 1.29 is 9.53 Å². The second-order valence-electron chi connectivity index (χ2n) is 7.68. The lowest BCUT2D eigenvalue weighted by molar-refractivity contribution is -0.144. The van der Waals surface area contributed by atoms with E-state index in [2.05, 4.69) is 34.4 Å². The van der Waals surface area contributed by atoms with Crippen molar-refractivity contribution in [3.63, 3.8) is 0 Å². The maximum Gasteiger partial charge on any atom is 0.333 e. The maximum atomic E-state index is 12.0. The Morgan fingerprint density at radius 3 is 2.18 bits per heavy atom. The zero-order valence-electron chi connectivity index (χ0n) is 18.1. The summed E-state index contributed by atoms with van der Waals surface area (Å²) in [7, 11) is 0. The first kappa shape index (κ1) is 24.9. The molecule has 0 aliphatic heterocycles. The highest BCUT2D eigenvalue weighted by Crippen LogP contribution is 2.30. The van der Waals surface area contributed by atoms with E-state index in [1.807, 2.05) is 13.0 Å². The summed E-state index contributed by atoms with van der Waals surface area (Å²) >= 11 is 3.59. The molecule has 0 bridgehead atoms. The van der Waals surface area contributed by atoms with Gasteiger partial charge in [-0.05, 0) is 59.3 Å². The van der Waals surface area contributed by atoms with Gasteiger partial charge in [-0.2, -0.15) is 0 Å². The van der Waals surface area contributed by atoms with Crippen LogP contribution in [0.1, 0.15) is 109 Å². The molecule has 28 heavy (non-hydrogen) atoms. The smallest absolute Gasteiger partial charge is 0.333 e. The highest BCUT2D eigenvalue weighted by Gasteiger charge is 2.20. The van der Waals surface area contributed by atoms with Crippen LogP contribution in [0.15, 0.2) is 29.0 Å². The van der Waals surface area contributed by atoms with E-state index in [9.17, 15) is 4.79 Å². The van der Waals surface area contributed by atoms with Crippen LogP contribution in [0.3, 0.4) is 0 Å². The van der Waals surface area contributed by atoms with E-state index in [4.69, 9.17) is 4.74 Å². The molecule has 1 heterocycles. The summed E-state index contributed by atoms with van der Waals surface area (Å²) in [5, 5.41) is 0. The fourth-order valence-corrected chi connectivity index (χ4v) is 3.96. The fraction of sp³-hybridized carbons (Fsp3) is 0.667. The van der Waals surface area contributed by atoms with Crippen LogP contribution in [0.5, 0.6) is 0 Å². The van der Waals surface area contributed by atoms with Gasteiger partial charge in [0, 0.05) is 11.8 Å². The van der Waals surface area contributed by atoms with E-state index in [0.29, 0.717) is 5.57 Å². The van der Waals surface area contributed by atoms with E-state index in [1.54, 1.807) is 13.1 Å². The summed E-state index contributed by atoms with van der Waals surface area (Å²) in [6, 6.07) is 1.98. The number of hydrogen-bond acceptors (Lipinski definition) is 3. The summed E-state index contributed by atoms with van der Waals surface area (Å²) in [5.74, 6) is -0.329. The van der Waals surface area contributed by atoms with Gasteiger partial charge in [0.25, 0.3) is 0 Å². The minimum atomic E-state index is -0.329. The number of carbonyl (C=O) groups excluding carboxylic acids is 1. The van der Waals surface area contributed by atoms with Crippen LogP contribution in [-0.4, -0.2) is 11.0 Å². The summed E-state index contributed by atoms with van der Waals surface area (Å²) < 4.78 is 6.52. The minimum absolute atomic E-state index is 0.248. The highest BCUT2D eigenvalue weighted by atomic mass is 79.9. The number of hydrogen-bond donors (Lipinski definition) is 0. The molecule has 1 unspecified atom stereocenters. The van der Waals surface area contributed by atoms with Gasteiger partial charge in [-0.1, -0.05) is 78.2 Å². The molecular weight excluding hydrogens is 414 g/mol. The zero-order valence-corrected chi connectivity index (χ0v) is 19.7. The Labute approximate surface area is 180 Å². The summed E-state index contributed by atoms with van der Waals surface area (Å²) in [6.07, 6.45) is 16.4. The van der Waals surface area contributed by atoms with Gasteiger partial charge in [0.05, 0.1) is 0 Å². The molecular formula is C24H38BrNO2. The van der Waals surface area contributed by atoms with E-state index >= 15 is 0 Å². The monoisotopic (exact) mass is 451 g/mol. The van der Waals surface area contributed by atoms with Crippen LogP contribution in [0.2, 0.25) is 0 Å². The average Bonchev–Trinajstić information content (AvgIpc) is 2.68. The molecule has 0 radical (unpaired) electrons. The molecule has 1 rings (SSSR count). The van der Waals surface area contributed by atoms with Gasteiger partial charge in [0.15, 0.2) is 0 Å². The van der Waals surface area contributed by atoms with Crippen LogP contribution in [0, 0.1) is 0 Å². The standard InChI is InChI=1S/C24H38BrNO2/c1-5-7-8-9-10-11-12-13-14-15-16-21-20(17-18-26-23(21)25)22(6-2)28-24(27)19(3)4/h17-18,22H,3,5-16H2,1-2,4H3. The molecule has 0 amide bonds. The summed E-state index contributed by atoms with van der Waals surface area (Å²) in [6.45, 7) is 9.67. The molecule has 0 aromatic carbocycles. The number of pyridine rings is 1. The van der Waals surface area contributed by atoms with Gasteiger partial charge in [0.2, 0.25) is 0 Å². The lowest BCUT2D eigenvalue weighted by atomic mass is 9.97. The second kappa shape index (κ2) is 14.8. The van der Waals surface area contributed by atoms with Crippen molar-refractivity contribution in [2.24, 2.45) is 0 Å². The lowest BCUT2D eigenvalue weighted by Crippen LogP contribution is -2.13. The Hall–Kier alpha value is -1.16. The molecule has 3 nitrogen and oxygen atoms in total. The zero-order chi connectivity index (χ0) is 20.8. The number of ether oxygens (including phenoxy) is 1. The third-order valence-corrected chi connectivity index (χ3v) is 5.82. The van der Waals surface area contributed by atoms with Crippen LogP contribution in [-0.2, 0) is 16.0 Å². The van der Waals surface area contributed by atoms with Gasteiger partial charge in [0.1, 0.15) is 10.7 Å². The van der Waals surface area contributed by atoms with Gasteiger partial charge >= 0.3 is 5.97 Å². The van der Waals surface area contributed by atoms with Crippen molar-refractivity contribution in [2.75, 3.05) is 0 Å². The number of unbranched alkanes of at least 4 members (excludes halogenated alkanes) is 9. The SMILES string of the molecule is C=C(C)C(=O)OC(CC)c1ccnc(Br)c1CCCCCCCCCCCC. The first-order chi connectivity index (χ1) is 13.5. The molecule has 1 atom stereocenters. The lowest BCUT2D eigenvalue weighted by Gasteiger charge is -2.20. The topological polar surface area (TPSA) is 39.2 Å². The van der Waals surface area contributed by atoms with Crippen molar-refractivity contribution in [2.45, 2.75) is 104 Å². The van der Waals surface area contributed by atoms with Crippen LogP contribution in [0.4, 0.5) is 0 Å². The second-order valence-corrected chi connectivity index (χ2v) is 8.44. The van der Waals surface area contributed by atoms with E-state index in [1.165, 1.54) is 63.4 Å². The molecule has 0 fully saturated rings. The third-order valence-electron chi connectivity index (χ3n) is 5.14. The van der Waals surface area contributed by atoms with Gasteiger partial charge in [-0.15, -0.1) is 0 Å². The first-order valence-electron chi connectivity index (χ1n) is 11.0. The van der Waals surface area contributed by atoms with Gasteiger partial charge < -0.3 is 4.74 Å². The molecule has 158 valence electrons. The Kier molecular flexibility index (Phi) is 13.1. The number of rotatable bonds is 15. The van der Waals surface area contributed by atoms with Crippen molar-refractivity contribution in [1.82, 2.24) is 4.98 Å². The highest BCUT2D eigenvalue weighted by molar-refractivity contribution is 9.10. The number of carbonyl (C=O) groups is 1. The quantitative estimate of drug-likeness (QED) is 0.118. The van der Waals surface area contributed by atoms with Crippen LogP contribution >= 0.6 is 15.9 Å². The summed E-state index contributed by atoms with van der Waals surface area (Å²) in [4.78, 5) is 16.4. The molecule has 4 heteroatoms. The Morgan fingerprint density at radius 1 is 1.07 bits per heavy atom. The molecule has 0 saturated carbocycles. The normalized spacial score (nSPS) is 12.0. The van der Waals surface area contributed by atoms with E-state index in [0.717, 1.165) is 29.4 Å². The van der Waals surface area contributed by atoms with Crippen molar-refractivity contribution >= 4 is 21.9 Å². The van der Waals surface area contributed by atoms with Crippen molar-refractivity contribution in [3.05, 3.63) is 40.1 Å². The number of nitrogens with zero attached hydrogens (tertiary/aromatic N) is 1. The minimum Gasteiger partial charge on any atom is -0.454 e. The first-order valence-corrected chi connectivity index (χ1v) is 11.8. The summed E-state index contributed by atoms with van der Waals surface area (Å²) in [5.41, 5.74) is 2.67. The molecule has 0 aliphatic carbocycles. The largest absolute Gasteiger partial charge is 0.454 e. The van der Waals surface area contributed by atoms with Gasteiger partial charge in [-0.25, -0.2) is 9.78 Å². The molecule has 1 aromatic heterocycles. The van der Waals surface area contributed by atoms with Crippen LogP contribution in [0.25, 0.3) is 0 Å². The predicted octanol–water partition coefficient (Wildman–Crippen LogP) is 7.88. The van der Waals surface area contributed by atoms with Crippen molar-refractivity contribution in [1.29, 1.82) is 0 Å². The van der Waals surface area contributed by atoms with E-state index in [-0.39, 0.29) is 12.1 Å². The average molecular weight is 452 g/mol. The molecule has 0 spiro atoms. The molecule has 0 N–H and O–H groups in total. The van der Waals surface area contributed by atoms with Crippen molar-refractivity contribution in [3.8, 4) is 0 Å². The predicted molar refractivity (Wildman–Crippen MR) is 121 cm³/mol. The maximum absolute atomic E-state index is 12.0. The number of aromatic nitrogens is 1. The number of esters is 1. The molecule has 1 aromatic rings. The van der Waals surface area contributed by atoms with Crippen LogP contribution < -0.4 is 0 Å². The third kappa shape index (κ3) is 9.36. The Morgan fingerprint density at radius 2 is 1.64 bits per heavy atom.